The van der Waals surface area contributed by atoms with Crippen LogP contribution in [0, 0.1) is 5.82 Å². The van der Waals surface area contributed by atoms with Gasteiger partial charge in [-0.3, -0.25) is 0 Å². The minimum absolute atomic E-state index is 0.183. The molecule has 0 saturated carbocycles. The lowest BCUT2D eigenvalue weighted by Crippen LogP contribution is -2.23. The number of hydrogen-bond acceptors (Lipinski definition) is 2. The van der Waals surface area contributed by atoms with Crippen LogP contribution in [0.5, 0.6) is 0 Å². The standard InChI is InChI=1S/C15H17BrFNS/c1-2-6-18-15(11-5-7-19-10-11)9-12-8-13(17)3-4-14(12)16/h3-5,7-8,10,15,18H,2,6,9H2,1H3. The molecule has 0 aliphatic rings. The van der Waals surface area contributed by atoms with E-state index in [1.807, 2.05) is 0 Å². The number of rotatable bonds is 6. The molecule has 0 saturated heterocycles. The molecule has 0 fully saturated rings. The van der Waals surface area contributed by atoms with Crippen LogP contribution in [-0.4, -0.2) is 6.54 Å². The van der Waals surface area contributed by atoms with Gasteiger partial charge in [0.2, 0.25) is 0 Å². The highest BCUT2D eigenvalue weighted by Gasteiger charge is 2.14. The van der Waals surface area contributed by atoms with Crippen molar-refractivity contribution in [3.8, 4) is 0 Å². The van der Waals surface area contributed by atoms with Crippen LogP contribution in [0.2, 0.25) is 0 Å². The van der Waals surface area contributed by atoms with Gasteiger partial charge in [0, 0.05) is 10.5 Å². The Morgan fingerprint density at radius 2 is 2.21 bits per heavy atom. The number of benzene rings is 1. The third kappa shape index (κ3) is 4.13. The Hall–Kier alpha value is -0.710. The Morgan fingerprint density at radius 1 is 1.37 bits per heavy atom. The third-order valence-electron chi connectivity index (χ3n) is 3.02. The summed E-state index contributed by atoms with van der Waals surface area (Å²) in [5.74, 6) is -0.183. The quantitative estimate of drug-likeness (QED) is 0.785. The fourth-order valence-electron chi connectivity index (χ4n) is 2.02. The second-order valence-corrected chi connectivity index (χ2v) is 6.14. The summed E-state index contributed by atoms with van der Waals surface area (Å²) >= 11 is 5.19. The monoisotopic (exact) mass is 341 g/mol. The fourth-order valence-corrected chi connectivity index (χ4v) is 3.14. The predicted octanol–water partition coefficient (Wildman–Crippen LogP) is 4.93. The molecule has 4 heteroatoms. The molecule has 0 radical (unpaired) electrons. The Kier molecular flexibility index (Phi) is 5.55. The number of thiophene rings is 1. The van der Waals surface area contributed by atoms with Crippen molar-refractivity contribution < 1.29 is 4.39 Å². The van der Waals surface area contributed by atoms with E-state index in [0.29, 0.717) is 0 Å². The van der Waals surface area contributed by atoms with Gasteiger partial charge in [0.15, 0.2) is 0 Å². The van der Waals surface area contributed by atoms with Gasteiger partial charge < -0.3 is 5.32 Å². The second-order valence-electron chi connectivity index (χ2n) is 4.50. The zero-order chi connectivity index (χ0) is 13.7. The minimum Gasteiger partial charge on any atom is -0.310 e. The summed E-state index contributed by atoms with van der Waals surface area (Å²) in [5, 5.41) is 7.76. The molecule has 19 heavy (non-hydrogen) atoms. The van der Waals surface area contributed by atoms with E-state index in [1.54, 1.807) is 23.5 Å². The van der Waals surface area contributed by atoms with Gasteiger partial charge in [0.25, 0.3) is 0 Å². The van der Waals surface area contributed by atoms with Crippen LogP contribution in [0.4, 0.5) is 4.39 Å². The van der Waals surface area contributed by atoms with Crippen LogP contribution >= 0.6 is 27.3 Å². The maximum Gasteiger partial charge on any atom is 0.123 e. The van der Waals surface area contributed by atoms with Gasteiger partial charge in [-0.15, -0.1) is 0 Å². The van der Waals surface area contributed by atoms with Gasteiger partial charge in [0.1, 0.15) is 5.82 Å². The zero-order valence-electron chi connectivity index (χ0n) is 10.8. The largest absolute Gasteiger partial charge is 0.310 e. The lowest BCUT2D eigenvalue weighted by molar-refractivity contribution is 0.527. The Labute approximate surface area is 126 Å². The van der Waals surface area contributed by atoms with Crippen molar-refractivity contribution in [1.29, 1.82) is 0 Å². The molecule has 0 amide bonds. The molecule has 1 heterocycles. The number of nitrogens with one attached hydrogen (secondary N) is 1. The summed E-state index contributed by atoms with van der Waals surface area (Å²) in [6.07, 6.45) is 1.88. The van der Waals surface area contributed by atoms with Crippen molar-refractivity contribution in [2.45, 2.75) is 25.8 Å². The van der Waals surface area contributed by atoms with E-state index in [4.69, 9.17) is 0 Å². The van der Waals surface area contributed by atoms with Crippen LogP contribution in [-0.2, 0) is 6.42 Å². The third-order valence-corrected chi connectivity index (χ3v) is 4.49. The van der Waals surface area contributed by atoms with E-state index in [9.17, 15) is 4.39 Å². The summed E-state index contributed by atoms with van der Waals surface area (Å²) in [7, 11) is 0. The molecule has 0 bridgehead atoms. The first-order valence-electron chi connectivity index (χ1n) is 6.40. The average Bonchev–Trinajstić information content (AvgIpc) is 2.92. The van der Waals surface area contributed by atoms with Crippen molar-refractivity contribution in [2.24, 2.45) is 0 Å². The highest BCUT2D eigenvalue weighted by atomic mass is 79.9. The molecule has 0 spiro atoms. The molecular formula is C15H17BrFNS. The first-order valence-corrected chi connectivity index (χ1v) is 8.13. The molecule has 1 unspecified atom stereocenters. The highest BCUT2D eigenvalue weighted by molar-refractivity contribution is 9.10. The average molecular weight is 342 g/mol. The van der Waals surface area contributed by atoms with Crippen molar-refractivity contribution >= 4 is 27.3 Å². The molecule has 102 valence electrons. The first-order chi connectivity index (χ1) is 9.20. The summed E-state index contributed by atoms with van der Waals surface area (Å²) in [6.45, 7) is 3.11. The minimum atomic E-state index is -0.183. The van der Waals surface area contributed by atoms with E-state index in [1.165, 1.54) is 11.6 Å². The summed E-state index contributed by atoms with van der Waals surface area (Å²) in [6, 6.07) is 7.23. The van der Waals surface area contributed by atoms with Gasteiger partial charge in [-0.1, -0.05) is 22.9 Å². The van der Waals surface area contributed by atoms with E-state index >= 15 is 0 Å². The molecule has 2 aromatic rings. The van der Waals surface area contributed by atoms with Crippen LogP contribution < -0.4 is 5.32 Å². The van der Waals surface area contributed by atoms with Crippen molar-refractivity contribution in [1.82, 2.24) is 5.32 Å². The molecule has 2 rings (SSSR count). The Morgan fingerprint density at radius 3 is 2.89 bits per heavy atom. The molecule has 1 N–H and O–H groups in total. The van der Waals surface area contributed by atoms with E-state index < -0.39 is 0 Å². The number of halogens is 2. The van der Waals surface area contributed by atoms with Crippen LogP contribution in [0.3, 0.4) is 0 Å². The summed E-state index contributed by atoms with van der Waals surface area (Å²) in [4.78, 5) is 0. The first kappa shape index (κ1) is 14.7. The topological polar surface area (TPSA) is 12.0 Å². The van der Waals surface area contributed by atoms with Gasteiger partial charge in [-0.25, -0.2) is 4.39 Å². The van der Waals surface area contributed by atoms with Crippen molar-refractivity contribution in [2.75, 3.05) is 6.54 Å². The molecule has 0 aliphatic heterocycles. The van der Waals surface area contributed by atoms with Gasteiger partial charge in [0.05, 0.1) is 0 Å². The molecule has 1 aromatic heterocycles. The molecular weight excluding hydrogens is 325 g/mol. The van der Waals surface area contributed by atoms with Gasteiger partial charge in [-0.05, 0) is 65.5 Å². The molecule has 1 nitrogen and oxygen atoms in total. The van der Waals surface area contributed by atoms with E-state index in [0.717, 1.165) is 29.4 Å². The van der Waals surface area contributed by atoms with Crippen LogP contribution in [0.1, 0.15) is 30.5 Å². The Balaban J connectivity index is 2.17. The van der Waals surface area contributed by atoms with Crippen molar-refractivity contribution in [3.63, 3.8) is 0 Å². The Bertz CT molecular complexity index is 513. The smallest absolute Gasteiger partial charge is 0.123 e. The maximum atomic E-state index is 13.4. The van der Waals surface area contributed by atoms with E-state index in [2.05, 4.69) is 45.0 Å². The van der Waals surface area contributed by atoms with Crippen LogP contribution in [0.25, 0.3) is 0 Å². The van der Waals surface area contributed by atoms with Crippen LogP contribution in [0.15, 0.2) is 39.5 Å². The van der Waals surface area contributed by atoms with Gasteiger partial charge in [-0.2, -0.15) is 11.3 Å². The summed E-state index contributed by atoms with van der Waals surface area (Å²) < 4.78 is 14.3. The second kappa shape index (κ2) is 7.17. The molecule has 1 aromatic carbocycles. The normalized spacial score (nSPS) is 12.6. The lowest BCUT2D eigenvalue weighted by atomic mass is 10.0. The SMILES string of the molecule is CCCNC(Cc1cc(F)ccc1Br)c1ccsc1. The molecule has 1 atom stereocenters. The van der Waals surface area contributed by atoms with Gasteiger partial charge >= 0.3 is 0 Å². The maximum absolute atomic E-state index is 13.4. The number of hydrogen-bond donors (Lipinski definition) is 1. The highest BCUT2D eigenvalue weighted by Crippen LogP contribution is 2.26. The molecule has 0 aliphatic carbocycles. The fraction of sp³-hybridized carbons (Fsp3) is 0.333. The lowest BCUT2D eigenvalue weighted by Gasteiger charge is -2.18. The van der Waals surface area contributed by atoms with Crippen molar-refractivity contribution in [3.05, 3.63) is 56.4 Å². The van der Waals surface area contributed by atoms with E-state index in [-0.39, 0.29) is 11.9 Å². The zero-order valence-corrected chi connectivity index (χ0v) is 13.2. The summed E-state index contributed by atoms with van der Waals surface area (Å²) in [5.41, 5.74) is 2.27. The predicted molar refractivity (Wildman–Crippen MR) is 83.2 cm³/mol.